The van der Waals surface area contributed by atoms with Crippen LogP contribution < -0.4 is 10.2 Å². The van der Waals surface area contributed by atoms with E-state index in [1.165, 1.54) is 11.1 Å². The second kappa shape index (κ2) is 6.82. The van der Waals surface area contributed by atoms with Gasteiger partial charge in [0.25, 0.3) is 0 Å². The topological polar surface area (TPSA) is 45.2 Å². The minimum absolute atomic E-state index is 0.00609. The number of amides is 1. The van der Waals surface area contributed by atoms with E-state index in [1.54, 1.807) is 6.20 Å². The van der Waals surface area contributed by atoms with Crippen LogP contribution in [0.25, 0.3) is 0 Å². The molecule has 4 heteroatoms. The molecule has 1 aliphatic rings. The van der Waals surface area contributed by atoms with E-state index in [1.807, 2.05) is 44.2 Å². The molecule has 4 nitrogen and oxygen atoms in total. The van der Waals surface area contributed by atoms with Crippen molar-refractivity contribution in [1.29, 1.82) is 0 Å². The van der Waals surface area contributed by atoms with Gasteiger partial charge in [-0.25, -0.2) is 4.98 Å². The van der Waals surface area contributed by atoms with Crippen molar-refractivity contribution < 1.29 is 4.79 Å². The maximum absolute atomic E-state index is 12.6. The van der Waals surface area contributed by atoms with Gasteiger partial charge >= 0.3 is 0 Å². The molecule has 120 valence electrons. The summed E-state index contributed by atoms with van der Waals surface area (Å²) in [6.07, 6.45) is 3.75. The number of pyridine rings is 1. The third-order valence-corrected chi connectivity index (χ3v) is 4.25. The van der Waals surface area contributed by atoms with Gasteiger partial charge in [0, 0.05) is 25.0 Å². The summed E-state index contributed by atoms with van der Waals surface area (Å²) < 4.78 is 0. The second-order valence-corrected chi connectivity index (χ2v) is 6.34. The van der Waals surface area contributed by atoms with Crippen molar-refractivity contribution in [3.63, 3.8) is 0 Å². The van der Waals surface area contributed by atoms with Crippen molar-refractivity contribution in [3.8, 4) is 0 Å². The average Bonchev–Trinajstić information content (AvgIpc) is 2.55. The highest BCUT2D eigenvalue weighted by atomic mass is 16.1. The molecule has 1 fully saturated rings. The summed E-state index contributed by atoms with van der Waals surface area (Å²) in [5.74, 6) is 1.07. The Balaban J connectivity index is 1.67. The lowest BCUT2D eigenvalue weighted by molar-refractivity contribution is -0.120. The lowest BCUT2D eigenvalue weighted by atomic mass is 9.97. The highest BCUT2D eigenvalue weighted by Crippen LogP contribution is 2.23. The summed E-state index contributed by atoms with van der Waals surface area (Å²) in [6, 6.07) is 12.1. The Morgan fingerprint density at radius 2 is 2.00 bits per heavy atom. The van der Waals surface area contributed by atoms with Crippen molar-refractivity contribution in [3.05, 3.63) is 53.7 Å². The predicted molar refractivity (Wildman–Crippen MR) is 93.7 cm³/mol. The first-order valence-electron chi connectivity index (χ1n) is 8.17. The number of piperidine rings is 1. The Hall–Kier alpha value is -2.36. The number of anilines is 2. The first-order chi connectivity index (χ1) is 11.1. The number of carbonyl (C=O) groups is 1. The Kier molecular flexibility index (Phi) is 4.60. The Morgan fingerprint density at radius 1 is 1.22 bits per heavy atom. The number of benzene rings is 1. The molecule has 0 saturated carbocycles. The summed E-state index contributed by atoms with van der Waals surface area (Å²) in [5, 5.41) is 3.08. The molecule has 3 rings (SSSR count). The average molecular weight is 309 g/mol. The normalized spacial score (nSPS) is 17.8. The standard InChI is InChI=1S/C19H23N3O/c1-14-10-15(2)12-17(11-14)21-19(23)16-6-5-9-22(13-16)18-7-3-4-8-20-18/h3-4,7-8,10-12,16H,5-6,9,13H2,1-2H3,(H,21,23)/t16-/m0/s1. The SMILES string of the molecule is Cc1cc(C)cc(NC(=O)[C@H]2CCCN(c3ccccn3)C2)c1. The number of aromatic nitrogens is 1. The first kappa shape index (κ1) is 15.5. The fourth-order valence-corrected chi connectivity index (χ4v) is 3.23. The van der Waals surface area contributed by atoms with Gasteiger partial charge in [-0.05, 0) is 62.1 Å². The van der Waals surface area contributed by atoms with Crippen molar-refractivity contribution >= 4 is 17.4 Å². The molecule has 0 bridgehead atoms. The molecule has 0 radical (unpaired) electrons. The molecule has 2 heterocycles. The minimum Gasteiger partial charge on any atom is -0.356 e. The zero-order chi connectivity index (χ0) is 16.2. The molecule has 0 spiro atoms. The molecule has 23 heavy (non-hydrogen) atoms. The number of nitrogens with zero attached hydrogens (tertiary/aromatic N) is 2. The van der Waals surface area contributed by atoms with Crippen LogP contribution in [-0.4, -0.2) is 24.0 Å². The van der Waals surface area contributed by atoms with E-state index in [0.29, 0.717) is 0 Å². The van der Waals surface area contributed by atoms with E-state index < -0.39 is 0 Å². The number of carbonyl (C=O) groups excluding carboxylic acids is 1. The van der Waals surface area contributed by atoms with Gasteiger partial charge < -0.3 is 10.2 Å². The van der Waals surface area contributed by atoms with Gasteiger partial charge in [-0.1, -0.05) is 12.1 Å². The van der Waals surface area contributed by atoms with Crippen molar-refractivity contribution in [2.75, 3.05) is 23.3 Å². The second-order valence-electron chi connectivity index (χ2n) is 6.34. The van der Waals surface area contributed by atoms with E-state index in [2.05, 4.69) is 21.3 Å². The molecular weight excluding hydrogens is 286 g/mol. The fraction of sp³-hybridized carbons (Fsp3) is 0.368. The van der Waals surface area contributed by atoms with Gasteiger partial charge in [0.05, 0.1) is 5.92 Å². The molecule has 0 aliphatic carbocycles. The summed E-state index contributed by atoms with van der Waals surface area (Å²) in [7, 11) is 0. The van der Waals surface area contributed by atoms with Gasteiger partial charge in [-0.3, -0.25) is 4.79 Å². The maximum Gasteiger partial charge on any atom is 0.229 e. The van der Waals surface area contributed by atoms with Crippen LogP contribution in [0.15, 0.2) is 42.6 Å². The maximum atomic E-state index is 12.6. The van der Waals surface area contributed by atoms with E-state index in [9.17, 15) is 4.79 Å². The van der Waals surface area contributed by atoms with Crippen LogP contribution in [0.3, 0.4) is 0 Å². The zero-order valence-electron chi connectivity index (χ0n) is 13.7. The van der Waals surface area contributed by atoms with E-state index in [4.69, 9.17) is 0 Å². The van der Waals surface area contributed by atoms with Crippen molar-refractivity contribution in [1.82, 2.24) is 4.98 Å². The molecule has 2 aromatic rings. The van der Waals surface area contributed by atoms with Gasteiger partial charge in [-0.15, -0.1) is 0 Å². The molecule has 1 saturated heterocycles. The van der Waals surface area contributed by atoms with Crippen LogP contribution >= 0.6 is 0 Å². The number of hydrogen-bond acceptors (Lipinski definition) is 3. The third-order valence-electron chi connectivity index (χ3n) is 4.25. The predicted octanol–water partition coefficient (Wildman–Crippen LogP) is 3.55. The van der Waals surface area contributed by atoms with Crippen molar-refractivity contribution in [2.45, 2.75) is 26.7 Å². The highest BCUT2D eigenvalue weighted by molar-refractivity contribution is 5.93. The van der Waals surface area contributed by atoms with Crippen LogP contribution in [-0.2, 0) is 4.79 Å². The molecule has 1 N–H and O–H groups in total. The Bertz CT molecular complexity index is 664. The van der Waals surface area contributed by atoms with Gasteiger partial charge in [0.1, 0.15) is 5.82 Å². The quantitative estimate of drug-likeness (QED) is 0.943. The molecule has 1 amide bonds. The smallest absolute Gasteiger partial charge is 0.229 e. The molecule has 1 aromatic carbocycles. The van der Waals surface area contributed by atoms with Crippen LogP contribution in [0.2, 0.25) is 0 Å². The lowest BCUT2D eigenvalue weighted by Crippen LogP contribution is -2.41. The van der Waals surface area contributed by atoms with Crippen molar-refractivity contribution in [2.24, 2.45) is 5.92 Å². The van der Waals surface area contributed by atoms with Crippen LogP contribution in [0, 0.1) is 19.8 Å². The number of hydrogen-bond donors (Lipinski definition) is 1. The van der Waals surface area contributed by atoms with Crippen LogP contribution in [0.1, 0.15) is 24.0 Å². The first-order valence-corrected chi connectivity index (χ1v) is 8.17. The molecular formula is C19H23N3O. The Labute approximate surface area is 137 Å². The Morgan fingerprint density at radius 3 is 2.70 bits per heavy atom. The number of rotatable bonds is 3. The number of nitrogens with one attached hydrogen (secondary N) is 1. The lowest BCUT2D eigenvalue weighted by Gasteiger charge is -2.32. The van der Waals surface area contributed by atoms with Gasteiger partial charge in [0.15, 0.2) is 0 Å². The van der Waals surface area contributed by atoms with Crippen LogP contribution in [0.5, 0.6) is 0 Å². The zero-order valence-corrected chi connectivity index (χ0v) is 13.7. The fourth-order valence-electron chi connectivity index (χ4n) is 3.23. The monoisotopic (exact) mass is 309 g/mol. The molecule has 1 aliphatic heterocycles. The van der Waals surface area contributed by atoms with E-state index >= 15 is 0 Å². The highest BCUT2D eigenvalue weighted by Gasteiger charge is 2.26. The minimum atomic E-state index is 0.00609. The molecule has 1 atom stereocenters. The molecule has 0 unspecified atom stereocenters. The summed E-state index contributed by atoms with van der Waals surface area (Å²) in [5.41, 5.74) is 3.22. The third kappa shape index (κ3) is 3.89. The van der Waals surface area contributed by atoms with E-state index in [-0.39, 0.29) is 11.8 Å². The van der Waals surface area contributed by atoms with Gasteiger partial charge in [0.2, 0.25) is 5.91 Å². The largest absolute Gasteiger partial charge is 0.356 e. The summed E-state index contributed by atoms with van der Waals surface area (Å²) in [4.78, 5) is 19.2. The molecule has 1 aromatic heterocycles. The van der Waals surface area contributed by atoms with Gasteiger partial charge in [-0.2, -0.15) is 0 Å². The number of aryl methyl sites for hydroxylation is 2. The van der Waals surface area contributed by atoms with E-state index in [0.717, 1.165) is 37.4 Å². The summed E-state index contributed by atoms with van der Waals surface area (Å²) >= 11 is 0. The van der Waals surface area contributed by atoms with Crippen LogP contribution in [0.4, 0.5) is 11.5 Å². The summed E-state index contributed by atoms with van der Waals surface area (Å²) in [6.45, 7) is 5.79.